The number of para-hydroxylation sites is 1. The number of benzene rings is 1. The highest BCUT2D eigenvalue weighted by Gasteiger charge is 2.49. The molecule has 0 aromatic heterocycles. The number of amides is 2. The van der Waals surface area contributed by atoms with Crippen LogP contribution >= 0.6 is 24.0 Å². The van der Waals surface area contributed by atoms with Crippen LogP contribution in [0.4, 0.5) is 10.5 Å². The fraction of sp³-hybridized carbons (Fsp3) is 0.500. The maximum Gasteiger partial charge on any atom is 0.347 e. The van der Waals surface area contributed by atoms with Gasteiger partial charge in [0.15, 0.2) is 0 Å². The maximum absolute atomic E-state index is 12.4. The molecule has 126 valence electrons. The van der Waals surface area contributed by atoms with Crippen molar-refractivity contribution in [3.63, 3.8) is 0 Å². The van der Waals surface area contributed by atoms with E-state index in [0.717, 1.165) is 5.06 Å². The summed E-state index contributed by atoms with van der Waals surface area (Å²) >= 11 is 6.95. The van der Waals surface area contributed by atoms with Gasteiger partial charge in [0.1, 0.15) is 10.5 Å². The summed E-state index contributed by atoms with van der Waals surface area (Å²) in [5, 5.41) is 14.0. The summed E-state index contributed by atoms with van der Waals surface area (Å²) < 4.78 is 0.314. The van der Waals surface area contributed by atoms with Crippen molar-refractivity contribution in [2.75, 3.05) is 11.9 Å². The van der Waals surface area contributed by atoms with E-state index in [4.69, 9.17) is 12.2 Å². The molecule has 2 rings (SSSR count). The van der Waals surface area contributed by atoms with Gasteiger partial charge < -0.3 is 10.2 Å². The average molecular weight is 354 g/mol. The number of thiocarbonyl (C=S) groups is 1. The molecule has 1 fully saturated rings. The minimum Gasteiger partial charge on any atom is -0.333 e. The average Bonchev–Trinajstić information content (AvgIpc) is 2.67. The number of anilines is 1. The predicted octanol–water partition coefficient (Wildman–Crippen LogP) is 4.00. The highest BCUT2D eigenvalue weighted by atomic mass is 32.2. The second-order valence-corrected chi connectivity index (χ2v) is 8.82. The molecule has 1 aliphatic heterocycles. The fourth-order valence-corrected chi connectivity index (χ4v) is 4.51. The minimum atomic E-state index is -0.562. The van der Waals surface area contributed by atoms with E-state index in [1.807, 2.05) is 36.9 Å². The Balaban J connectivity index is 2.18. The second-order valence-electron chi connectivity index (χ2n) is 6.53. The lowest BCUT2D eigenvalue weighted by Gasteiger charge is -2.37. The van der Waals surface area contributed by atoms with Crippen molar-refractivity contribution in [1.29, 1.82) is 0 Å². The number of thioether (sulfide) groups is 1. The molecule has 1 aromatic rings. The molecule has 1 aliphatic rings. The zero-order valence-electron chi connectivity index (χ0n) is 13.8. The molecule has 23 heavy (non-hydrogen) atoms. The van der Waals surface area contributed by atoms with Crippen LogP contribution in [0.25, 0.3) is 0 Å². The molecule has 0 aliphatic carbocycles. The van der Waals surface area contributed by atoms with Crippen LogP contribution in [0.1, 0.15) is 27.7 Å². The van der Waals surface area contributed by atoms with Gasteiger partial charge in [0.2, 0.25) is 0 Å². The first-order valence-electron chi connectivity index (χ1n) is 7.56. The molecule has 0 radical (unpaired) electrons. The van der Waals surface area contributed by atoms with Crippen LogP contribution in [-0.2, 0) is 0 Å². The van der Waals surface area contributed by atoms with Crippen molar-refractivity contribution in [1.82, 2.24) is 9.96 Å². The normalized spacial score (nSPS) is 20.0. The van der Waals surface area contributed by atoms with Gasteiger partial charge in [-0.2, -0.15) is 5.06 Å². The van der Waals surface area contributed by atoms with Crippen molar-refractivity contribution in [3.05, 3.63) is 30.3 Å². The molecular formula is C16H23N3O2S2. The van der Waals surface area contributed by atoms with Gasteiger partial charge in [-0.25, -0.2) is 4.79 Å². The lowest BCUT2D eigenvalue weighted by molar-refractivity contribution is -0.115. The van der Waals surface area contributed by atoms with Crippen molar-refractivity contribution in [3.8, 4) is 0 Å². The smallest absolute Gasteiger partial charge is 0.333 e. The van der Waals surface area contributed by atoms with Gasteiger partial charge >= 0.3 is 6.03 Å². The molecule has 1 saturated heterocycles. The number of hydroxylamine groups is 2. The molecule has 7 heteroatoms. The molecule has 2 amide bonds. The van der Waals surface area contributed by atoms with Crippen LogP contribution < -0.4 is 5.32 Å². The Kier molecular flexibility index (Phi) is 5.54. The first-order chi connectivity index (χ1) is 10.7. The van der Waals surface area contributed by atoms with Crippen molar-refractivity contribution >= 4 is 40.0 Å². The third-order valence-electron chi connectivity index (χ3n) is 3.53. The zero-order chi connectivity index (χ0) is 17.2. The molecule has 1 heterocycles. The Morgan fingerprint density at radius 3 is 2.61 bits per heavy atom. The molecular weight excluding hydrogens is 330 g/mol. The van der Waals surface area contributed by atoms with E-state index in [1.54, 1.807) is 12.1 Å². The van der Waals surface area contributed by atoms with Gasteiger partial charge in [-0.3, -0.25) is 5.21 Å². The summed E-state index contributed by atoms with van der Waals surface area (Å²) in [5.41, 5.74) is 0.637. The van der Waals surface area contributed by atoms with Crippen LogP contribution in [0.3, 0.4) is 0 Å². The number of hydrogen-bond donors (Lipinski definition) is 2. The predicted molar refractivity (Wildman–Crippen MR) is 98.7 cm³/mol. The Morgan fingerprint density at radius 2 is 2.04 bits per heavy atom. The lowest BCUT2D eigenvalue weighted by atomic mass is 10.1. The van der Waals surface area contributed by atoms with Crippen LogP contribution in [-0.4, -0.2) is 43.0 Å². The number of carbonyl (C=O) groups is 1. The topological polar surface area (TPSA) is 55.8 Å². The van der Waals surface area contributed by atoms with Gasteiger partial charge in [0.25, 0.3) is 0 Å². The molecule has 1 atom stereocenters. The van der Waals surface area contributed by atoms with Gasteiger partial charge in [0.05, 0.1) is 4.75 Å². The highest BCUT2D eigenvalue weighted by Crippen LogP contribution is 2.42. The minimum absolute atomic E-state index is 0.371. The first-order valence-corrected chi connectivity index (χ1v) is 8.78. The summed E-state index contributed by atoms with van der Waals surface area (Å²) in [6.45, 7) is 8.82. The quantitative estimate of drug-likeness (QED) is 0.487. The largest absolute Gasteiger partial charge is 0.347 e. The van der Waals surface area contributed by atoms with E-state index >= 15 is 0 Å². The Labute approximate surface area is 147 Å². The first kappa shape index (κ1) is 18.0. The van der Waals surface area contributed by atoms with Crippen molar-refractivity contribution in [2.45, 2.75) is 38.6 Å². The standard InChI is InChI=1S/C16H23N3O2S2/c1-11(2)10-18-13(16(3,4)23-15(18)22)19(21)14(20)17-12-8-6-5-7-9-12/h5-9,11,13,21H,10H2,1-4H3,(H,17,20)/t13-/m0/s1. The third-order valence-corrected chi connectivity index (χ3v) is 5.16. The van der Waals surface area contributed by atoms with E-state index in [0.29, 0.717) is 22.5 Å². The SMILES string of the molecule is CC(C)CN1C(=S)SC(C)(C)[C@@H]1N(O)C(=O)Nc1ccccc1. The summed E-state index contributed by atoms with van der Waals surface area (Å²) in [7, 11) is 0. The van der Waals surface area contributed by atoms with Gasteiger partial charge in [0, 0.05) is 12.2 Å². The van der Waals surface area contributed by atoms with E-state index in [-0.39, 0.29) is 0 Å². The van der Waals surface area contributed by atoms with Crippen molar-refractivity contribution < 1.29 is 10.0 Å². The lowest BCUT2D eigenvalue weighted by Crippen LogP contribution is -2.56. The van der Waals surface area contributed by atoms with Gasteiger partial charge in [-0.1, -0.05) is 56.0 Å². The Morgan fingerprint density at radius 1 is 1.43 bits per heavy atom. The summed E-state index contributed by atoms with van der Waals surface area (Å²) in [4.78, 5) is 14.3. The number of urea groups is 1. The van der Waals surface area contributed by atoms with E-state index in [1.165, 1.54) is 11.8 Å². The Hall–Kier alpha value is -1.31. The van der Waals surface area contributed by atoms with Crippen LogP contribution in [0.15, 0.2) is 30.3 Å². The summed E-state index contributed by atoms with van der Waals surface area (Å²) in [6, 6.07) is 8.51. The number of nitrogens with zero attached hydrogens (tertiary/aromatic N) is 2. The van der Waals surface area contributed by atoms with Gasteiger partial charge in [-0.05, 0) is 31.9 Å². The summed E-state index contributed by atoms with van der Waals surface area (Å²) in [6.07, 6.45) is -0.508. The van der Waals surface area contributed by atoms with Crippen LogP contribution in [0.2, 0.25) is 0 Å². The molecule has 0 bridgehead atoms. The van der Waals surface area contributed by atoms with Crippen LogP contribution in [0, 0.1) is 5.92 Å². The molecule has 1 aromatic carbocycles. The third kappa shape index (κ3) is 4.16. The Bertz CT molecular complexity index is 578. The van der Waals surface area contributed by atoms with E-state index in [2.05, 4.69) is 19.2 Å². The number of carbonyl (C=O) groups excluding carboxylic acids is 1. The number of rotatable bonds is 4. The molecule has 0 unspecified atom stereocenters. The number of hydrogen-bond acceptors (Lipinski definition) is 4. The molecule has 0 saturated carbocycles. The highest BCUT2D eigenvalue weighted by molar-refractivity contribution is 8.24. The number of nitrogens with one attached hydrogen (secondary N) is 1. The summed E-state index contributed by atoms with van der Waals surface area (Å²) in [5.74, 6) is 0.371. The molecule has 5 nitrogen and oxygen atoms in total. The fourth-order valence-electron chi connectivity index (χ4n) is 2.62. The second kappa shape index (κ2) is 7.07. The zero-order valence-corrected chi connectivity index (χ0v) is 15.4. The van der Waals surface area contributed by atoms with Crippen LogP contribution in [0.5, 0.6) is 0 Å². The molecule has 2 N–H and O–H groups in total. The van der Waals surface area contributed by atoms with Gasteiger partial charge in [-0.15, -0.1) is 0 Å². The van der Waals surface area contributed by atoms with Crippen molar-refractivity contribution in [2.24, 2.45) is 5.92 Å². The maximum atomic E-state index is 12.4. The van der Waals surface area contributed by atoms with E-state index < -0.39 is 16.9 Å². The van der Waals surface area contributed by atoms with E-state index in [9.17, 15) is 10.0 Å². The molecule has 0 spiro atoms. The monoisotopic (exact) mass is 353 g/mol.